The lowest BCUT2D eigenvalue weighted by Gasteiger charge is -2.27. The fourth-order valence-electron chi connectivity index (χ4n) is 4.24. The van der Waals surface area contributed by atoms with Gasteiger partial charge in [0.05, 0.1) is 12.6 Å². The van der Waals surface area contributed by atoms with Crippen LogP contribution in [-0.2, 0) is 4.79 Å². The van der Waals surface area contributed by atoms with Crippen LogP contribution in [0.15, 0.2) is 34.9 Å². The van der Waals surface area contributed by atoms with Gasteiger partial charge in [0.2, 0.25) is 0 Å². The van der Waals surface area contributed by atoms with Crippen molar-refractivity contribution in [1.29, 1.82) is 5.26 Å². The summed E-state index contributed by atoms with van der Waals surface area (Å²) in [4.78, 5) is 16.7. The molecular formula is C23H30FN5O. The van der Waals surface area contributed by atoms with Gasteiger partial charge in [0.25, 0.3) is 5.91 Å². The lowest BCUT2D eigenvalue weighted by Crippen LogP contribution is -2.42. The van der Waals surface area contributed by atoms with Gasteiger partial charge in [0.1, 0.15) is 5.82 Å². The number of hydrogen-bond acceptors (Lipinski definition) is 5. The monoisotopic (exact) mass is 411 g/mol. The Kier molecular flexibility index (Phi) is 7.09. The van der Waals surface area contributed by atoms with Gasteiger partial charge >= 0.3 is 0 Å². The Labute approximate surface area is 178 Å². The van der Waals surface area contributed by atoms with E-state index < -0.39 is 0 Å². The van der Waals surface area contributed by atoms with Crippen molar-refractivity contribution in [2.24, 2.45) is 5.10 Å². The maximum atomic E-state index is 14.0. The van der Waals surface area contributed by atoms with Gasteiger partial charge in [-0.2, -0.15) is 10.4 Å². The van der Waals surface area contributed by atoms with E-state index >= 15 is 0 Å². The Balaban J connectivity index is 1.69. The zero-order valence-electron chi connectivity index (χ0n) is 18.0. The fraction of sp³-hybridized carbons (Fsp3) is 0.522. The van der Waals surface area contributed by atoms with Crippen molar-refractivity contribution >= 4 is 11.6 Å². The van der Waals surface area contributed by atoms with Crippen molar-refractivity contribution in [3.63, 3.8) is 0 Å². The van der Waals surface area contributed by atoms with E-state index in [1.165, 1.54) is 6.07 Å². The summed E-state index contributed by atoms with van der Waals surface area (Å²) in [5.74, 6) is -0.0798. The minimum absolute atomic E-state index is 0.0470. The van der Waals surface area contributed by atoms with Crippen LogP contribution >= 0.6 is 0 Å². The number of amides is 1. The summed E-state index contributed by atoms with van der Waals surface area (Å²) in [7, 11) is 0. The van der Waals surface area contributed by atoms with Crippen molar-refractivity contribution in [2.75, 3.05) is 26.2 Å². The van der Waals surface area contributed by atoms with Crippen LogP contribution < -0.4 is 5.43 Å². The largest absolute Gasteiger partial charge is 0.338 e. The van der Waals surface area contributed by atoms with Gasteiger partial charge in [-0.1, -0.05) is 25.1 Å². The lowest BCUT2D eigenvalue weighted by atomic mass is 9.89. The molecule has 3 rings (SSSR count). The average Bonchev–Trinajstić information content (AvgIpc) is 2.92. The number of halogens is 1. The number of carbonyl (C=O) groups is 1. The van der Waals surface area contributed by atoms with E-state index in [2.05, 4.69) is 23.6 Å². The molecule has 2 aliphatic rings. The van der Waals surface area contributed by atoms with E-state index in [1.807, 2.05) is 30.9 Å². The molecule has 2 unspecified atom stereocenters. The minimum Gasteiger partial charge on any atom is -0.338 e. The molecule has 0 saturated carbocycles. The molecule has 1 aromatic carbocycles. The maximum absolute atomic E-state index is 14.0. The molecule has 2 aliphatic heterocycles. The average molecular weight is 412 g/mol. The highest BCUT2D eigenvalue weighted by atomic mass is 19.1. The Morgan fingerprint density at radius 2 is 2.27 bits per heavy atom. The zero-order chi connectivity index (χ0) is 21.7. The number of nitriles is 1. The molecule has 2 heterocycles. The van der Waals surface area contributed by atoms with Gasteiger partial charge in [0, 0.05) is 19.6 Å². The Morgan fingerprint density at radius 3 is 2.97 bits per heavy atom. The third-order valence-electron chi connectivity index (χ3n) is 6.12. The van der Waals surface area contributed by atoms with Crippen LogP contribution in [0, 0.1) is 24.2 Å². The molecule has 0 fully saturated rings. The van der Waals surface area contributed by atoms with Crippen LogP contribution in [0.5, 0.6) is 0 Å². The number of nitrogens with one attached hydrogen (secondary N) is 1. The predicted octanol–water partition coefficient (Wildman–Crippen LogP) is 3.31. The van der Waals surface area contributed by atoms with Gasteiger partial charge < -0.3 is 15.2 Å². The van der Waals surface area contributed by atoms with Gasteiger partial charge in [-0.3, -0.25) is 4.79 Å². The second kappa shape index (κ2) is 9.75. The highest BCUT2D eigenvalue weighted by Crippen LogP contribution is 2.28. The zero-order valence-corrected chi connectivity index (χ0v) is 18.0. The van der Waals surface area contributed by atoms with Crippen molar-refractivity contribution in [3.8, 4) is 6.19 Å². The summed E-state index contributed by atoms with van der Waals surface area (Å²) in [6, 6.07) is 5.18. The highest BCUT2D eigenvalue weighted by molar-refractivity contribution is 6.45. The van der Waals surface area contributed by atoms with Crippen molar-refractivity contribution in [2.45, 2.75) is 52.0 Å². The predicted molar refractivity (Wildman–Crippen MR) is 115 cm³/mol. The van der Waals surface area contributed by atoms with Gasteiger partial charge in [-0.25, -0.2) is 4.39 Å². The molecule has 2 bridgehead atoms. The summed E-state index contributed by atoms with van der Waals surface area (Å²) in [6.45, 7) is 8.20. The molecule has 0 aliphatic carbocycles. The summed E-state index contributed by atoms with van der Waals surface area (Å²) in [5.41, 5.74) is 6.08. The quantitative estimate of drug-likeness (QED) is 0.699. The van der Waals surface area contributed by atoms with Gasteiger partial charge in [-0.15, -0.1) is 0 Å². The van der Waals surface area contributed by atoms with Crippen LogP contribution in [-0.4, -0.2) is 53.6 Å². The van der Waals surface area contributed by atoms with Crippen molar-refractivity contribution < 1.29 is 9.18 Å². The van der Waals surface area contributed by atoms with E-state index in [4.69, 9.17) is 0 Å². The summed E-state index contributed by atoms with van der Waals surface area (Å²) < 4.78 is 14.0. The fourth-order valence-corrected chi connectivity index (χ4v) is 4.24. The van der Waals surface area contributed by atoms with Crippen molar-refractivity contribution in [1.82, 2.24) is 15.2 Å². The van der Waals surface area contributed by atoms with Crippen LogP contribution in [0.2, 0.25) is 0 Å². The molecule has 160 valence electrons. The van der Waals surface area contributed by atoms with E-state index in [1.54, 1.807) is 11.0 Å². The smallest absolute Gasteiger partial charge is 0.274 e. The molecule has 1 N–H and O–H groups in total. The first-order valence-electron chi connectivity index (χ1n) is 10.7. The second-order valence-corrected chi connectivity index (χ2v) is 7.92. The first-order chi connectivity index (χ1) is 14.5. The van der Waals surface area contributed by atoms with E-state index in [9.17, 15) is 14.4 Å². The number of rotatable bonds is 7. The molecule has 1 aromatic rings. The Morgan fingerprint density at radius 1 is 1.47 bits per heavy atom. The van der Waals surface area contributed by atoms with Gasteiger partial charge in [0.15, 0.2) is 11.9 Å². The molecule has 0 spiro atoms. The SMILES string of the molecule is CCC(CCN(CC)C(=O)C1=NNC2C=C1CCN(C#N)C2)c1cccc(F)c1C. The van der Waals surface area contributed by atoms with E-state index in [-0.39, 0.29) is 23.7 Å². The van der Waals surface area contributed by atoms with Crippen LogP contribution in [0.4, 0.5) is 4.39 Å². The van der Waals surface area contributed by atoms with Gasteiger partial charge in [-0.05, 0) is 61.8 Å². The van der Waals surface area contributed by atoms with Crippen LogP contribution in [0.3, 0.4) is 0 Å². The minimum atomic E-state index is -0.182. The molecule has 0 aromatic heterocycles. The number of fused-ring (bicyclic) bond motifs is 1. The molecular weight excluding hydrogens is 381 g/mol. The highest BCUT2D eigenvalue weighted by Gasteiger charge is 2.29. The summed E-state index contributed by atoms with van der Waals surface area (Å²) in [5, 5.41) is 13.6. The van der Waals surface area contributed by atoms with Crippen LogP contribution in [0.25, 0.3) is 0 Å². The molecule has 7 heteroatoms. The van der Waals surface area contributed by atoms with E-state index in [0.717, 1.165) is 24.0 Å². The maximum Gasteiger partial charge on any atom is 0.274 e. The number of nitrogens with zero attached hydrogens (tertiary/aromatic N) is 4. The molecule has 6 nitrogen and oxygen atoms in total. The number of carbonyl (C=O) groups excluding carboxylic acids is 1. The third-order valence-corrected chi connectivity index (χ3v) is 6.12. The first kappa shape index (κ1) is 21.8. The summed E-state index contributed by atoms with van der Waals surface area (Å²) in [6.07, 6.45) is 6.49. The number of hydrazone groups is 1. The van der Waals surface area contributed by atoms with E-state index in [0.29, 0.717) is 43.9 Å². The topological polar surface area (TPSA) is 71.7 Å². The normalized spacial score (nSPS) is 19.0. The molecule has 2 atom stereocenters. The summed E-state index contributed by atoms with van der Waals surface area (Å²) >= 11 is 0. The third kappa shape index (κ3) is 4.64. The molecule has 0 radical (unpaired) electrons. The molecule has 0 saturated heterocycles. The van der Waals surface area contributed by atoms with Crippen LogP contribution in [0.1, 0.15) is 50.2 Å². The molecule has 1 amide bonds. The Bertz CT molecular complexity index is 888. The first-order valence-corrected chi connectivity index (χ1v) is 10.7. The Hall–Kier alpha value is -2.88. The molecule has 30 heavy (non-hydrogen) atoms. The van der Waals surface area contributed by atoms with Crippen molar-refractivity contribution in [3.05, 3.63) is 46.8 Å². The second-order valence-electron chi connectivity index (χ2n) is 7.92. The number of hydrogen-bond donors (Lipinski definition) is 1. The lowest BCUT2D eigenvalue weighted by molar-refractivity contribution is -0.124. The standard InChI is InChI=1S/C23H30FN5O/c1-4-17(20-7-6-8-21(24)16(20)3)10-12-29(5-2)23(30)22-18-9-11-28(15-25)14-19(13-18)26-27-22/h6-8,13,17,19,26H,4-5,9-12,14H2,1-3H3. The number of benzene rings is 1.